The molecule has 0 saturated heterocycles. The van der Waals surface area contributed by atoms with Crippen molar-refractivity contribution in [2.45, 2.75) is 19.4 Å². The molecule has 1 atom stereocenters. The van der Waals surface area contributed by atoms with E-state index in [2.05, 4.69) is 9.97 Å². The van der Waals surface area contributed by atoms with E-state index >= 15 is 0 Å². The van der Waals surface area contributed by atoms with Crippen LogP contribution >= 0.6 is 24.8 Å². The summed E-state index contributed by atoms with van der Waals surface area (Å²) in [6.45, 7) is 1.96. The monoisotopic (exact) mass is 265 g/mol. The molecular formula is C10H17Cl2N3O. The van der Waals surface area contributed by atoms with Crippen LogP contribution in [-0.2, 0) is 0 Å². The topological polar surface area (TPSA) is 61.0 Å². The highest BCUT2D eigenvalue weighted by Crippen LogP contribution is 2.14. The summed E-state index contributed by atoms with van der Waals surface area (Å²) in [7, 11) is 1.59. The minimum absolute atomic E-state index is 0. The third-order valence-corrected chi connectivity index (χ3v) is 1.70. The molecule has 1 rings (SSSR count). The van der Waals surface area contributed by atoms with Gasteiger partial charge < -0.3 is 10.5 Å². The molecule has 0 aliphatic rings. The summed E-state index contributed by atoms with van der Waals surface area (Å²) in [5.74, 6) is 0.584. The predicted molar refractivity (Wildman–Crippen MR) is 70.4 cm³/mol. The SMILES string of the molecule is COc1ncncc1/C=C/C[C@H](C)N.Cl.Cl. The van der Waals surface area contributed by atoms with Crippen molar-refractivity contribution in [1.82, 2.24) is 9.97 Å². The average Bonchev–Trinajstić information content (AvgIpc) is 2.18. The summed E-state index contributed by atoms with van der Waals surface area (Å²) in [6, 6.07) is 0.168. The predicted octanol–water partition coefficient (Wildman–Crippen LogP) is 2.08. The van der Waals surface area contributed by atoms with Crippen molar-refractivity contribution >= 4 is 30.9 Å². The van der Waals surface area contributed by atoms with Crippen molar-refractivity contribution in [3.63, 3.8) is 0 Å². The fourth-order valence-electron chi connectivity index (χ4n) is 1.02. The van der Waals surface area contributed by atoms with E-state index in [-0.39, 0.29) is 30.9 Å². The molecule has 0 radical (unpaired) electrons. The van der Waals surface area contributed by atoms with Gasteiger partial charge >= 0.3 is 0 Å². The van der Waals surface area contributed by atoms with Crippen molar-refractivity contribution in [3.05, 3.63) is 24.2 Å². The van der Waals surface area contributed by atoms with Crippen LogP contribution in [0.5, 0.6) is 5.88 Å². The van der Waals surface area contributed by atoms with Crippen LogP contribution in [0.15, 0.2) is 18.6 Å². The molecule has 1 aromatic rings. The summed E-state index contributed by atoms with van der Waals surface area (Å²) < 4.78 is 5.07. The molecule has 0 spiro atoms. The average molecular weight is 266 g/mol. The van der Waals surface area contributed by atoms with Gasteiger partial charge in [0.25, 0.3) is 0 Å². The van der Waals surface area contributed by atoms with Gasteiger partial charge in [-0.05, 0) is 13.3 Å². The van der Waals surface area contributed by atoms with Gasteiger partial charge in [0.05, 0.1) is 12.7 Å². The zero-order chi connectivity index (χ0) is 10.4. The van der Waals surface area contributed by atoms with Crippen LogP contribution in [0.4, 0.5) is 0 Å². The van der Waals surface area contributed by atoms with E-state index in [0.29, 0.717) is 5.88 Å². The van der Waals surface area contributed by atoms with Crippen LogP contribution in [-0.4, -0.2) is 23.1 Å². The molecule has 0 unspecified atom stereocenters. The molecule has 6 heteroatoms. The van der Waals surface area contributed by atoms with E-state index in [1.165, 1.54) is 6.33 Å². The number of ether oxygens (including phenoxy) is 1. The van der Waals surface area contributed by atoms with Crippen LogP contribution in [0.1, 0.15) is 18.9 Å². The van der Waals surface area contributed by atoms with E-state index in [4.69, 9.17) is 10.5 Å². The number of rotatable bonds is 4. The Morgan fingerprint density at radius 3 is 2.75 bits per heavy atom. The number of hydrogen-bond acceptors (Lipinski definition) is 4. The van der Waals surface area contributed by atoms with Crippen molar-refractivity contribution in [3.8, 4) is 5.88 Å². The first-order valence-corrected chi connectivity index (χ1v) is 4.50. The number of methoxy groups -OCH3 is 1. The maximum Gasteiger partial charge on any atom is 0.223 e. The molecular weight excluding hydrogens is 249 g/mol. The smallest absolute Gasteiger partial charge is 0.223 e. The molecule has 2 N–H and O–H groups in total. The van der Waals surface area contributed by atoms with Gasteiger partial charge in [-0.2, -0.15) is 0 Å². The largest absolute Gasteiger partial charge is 0.480 e. The molecule has 16 heavy (non-hydrogen) atoms. The zero-order valence-corrected chi connectivity index (χ0v) is 10.9. The number of hydrogen-bond donors (Lipinski definition) is 1. The van der Waals surface area contributed by atoms with E-state index in [1.54, 1.807) is 13.3 Å². The van der Waals surface area contributed by atoms with E-state index in [0.717, 1.165) is 12.0 Å². The van der Waals surface area contributed by atoms with Gasteiger partial charge in [-0.1, -0.05) is 12.2 Å². The van der Waals surface area contributed by atoms with Crippen molar-refractivity contribution in [2.24, 2.45) is 5.73 Å². The Bertz CT molecular complexity index is 319. The minimum atomic E-state index is 0. The summed E-state index contributed by atoms with van der Waals surface area (Å²) in [5.41, 5.74) is 6.48. The molecule has 0 fully saturated rings. The molecule has 0 aliphatic carbocycles. The van der Waals surface area contributed by atoms with E-state index in [1.807, 2.05) is 19.1 Å². The maximum absolute atomic E-state index is 5.61. The van der Waals surface area contributed by atoms with E-state index < -0.39 is 0 Å². The van der Waals surface area contributed by atoms with Crippen LogP contribution in [0.2, 0.25) is 0 Å². The second kappa shape index (κ2) is 9.39. The Hall–Kier alpha value is -0.840. The fourth-order valence-corrected chi connectivity index (χ4v) is 1.02. The first-order valence-electron chi connectivity index (χ1n) is 4.50. The second-order valence-electron chi connectivity index (χ2n) is 3.10. The first kappa shape index (κ1) is 17.6. The molecule has 92 valence electrons. The van der Waals surface area contributed by atoms with Crippen LogP contribution in [0.25, 0.3) is 6.08 Å². The second-order valence-corrected chi connectivity index (χ2v) is 3.10. The Morgan fingerprint density at radius 2 is 2.19 bits per heavy atom. The third kappa shape index (κ3) is 5.90. The molecule has 1 heterocycles. The summed E-state index contributed by atoms with van der Waals surface area (Å²) in [4.78, 5) is 7.90. The van der Waals surface area contributed by atoms with Crippen LogP contribution in [0.3, 0.4) is 0 Å². The Balaban J connectivity index is 0. The van der Waals surface area contributed by atoms with Gasteiger partial charge in [0.1, 0.15) is 6.33 Å². The van der Waals surface area contributed by atoms with Gasteiger partial charge in [-0.3, -0.25) is 0 Å². The molecule has 0 saturated carbocycles. The van der Waals surface area contributed by atoms with Gasteiger partial charge in [0, 0.05) is 12.2 Å². The fraction of sp³-hybridized carbons (Fsp3) is 0.400. The van der Waals surface area contributed by atoms with Crippen molar-refractivity contribution in [1.29, 1.82) is 0 Å². The lowest BCUT2D eigenvalue weighted by Crippen LogP contribution is -2.12. The van der Waals surface area contributed by atoms with Crippen LogP contribution < -0.4 is 10.5 Å². The number of aromatic nitrogens is 2. The normalized spacial score (nSPS) is 11.4. The Labute approximate surface area is 108 Å². The summed E-state index contributed by atoms with van der Waals surface area (Å²) in [6.07, 6.45) is 7.91. The zero-order valence-electron chi connectivity index (χ0n) is 9.29. The number of nitrogens with two attached hydrogens (primary N) is 1. The lowest BCUT2D eigenvalue weighted by molar-refractivity contribution is 0.395. The van der Waals surface area contributed by atoms with Gasteiger partial charge in [0.2, 0.25) is 5.88 Å². The number of halogens is 2. The van der Waals surface area contributed by atoms with Crippen LogP contribution in [0, 0.1) is 0 Å². The molecule has 0 aliphatic heterocycles. The molecule has 0 aromatic carbocycles. The maximum atomic E-state index is 5.61. The Kier molecular flexibility index (Phi) is 10.3. The molecule has 0 bridgehead atoms. The molecule has 0 amide bonds. The highest BCUT2D eigenvalue weighted by Gasteiger charge is 1.98. The summed E-state index contributed by atoms with van der Waals surface area (Å²) in [5, 5.41) is 0. The summed E-state index contributed by atoms with van der Waals surface area (Å²) >= 11 is 0. The van der Waals surface area contributed by atoms with E-state index in [9.17, 15) is 0 Å². The lowest BCUT2D eigenvalue weighted by Gasteiger charge is -2.01. The minimum Gasteiger partial charge on any atom is -0.480 e. The van der Waals surface area contributed by atoms with Crippen molar-refractivity contribution in [2.75, 3.05) is 7.11 Å². The van der Waals surface area contributed by atoms with Gasteiger partial charge in [-0.25, -0.2) is 9.97 Å². The standard InChI is InChI=1S/C10H15N3O.2ClH/c1-8(11)4-3-5-9-6-12-7-13-10(9)14-2;;/h3,5-8H,4,11H2,1-2H3;2*1H/b5-3+;;/t8-;;/m0../s1. The third-order valence-electron chi connectivity index (χ3n) is 1.70. The first-order chi connectivity index (χ1) is 6.74. The lowest BCUT2D eigenvalue weighted by atomic mass is 10.2. The molecule has 4 nitrogen and oxygen atoms in total. The van der Waals surface area contributed by atoms with Gasteiger partial charge in [-0.15, -0.1) is 24.8 Å². The highest BCUT2D eigenvalue weighted by molar-refractivity contribution is 5.85. The molecule has 1 aromatic heterocycles. The van der Waals surface area contributed by atoms with Crippen molar-refractivity contribution < 1.29 is 4.74 Å². The quantitative estimate of drug-likeness (QED) is 0.906. The number of nitrogens with zero attached hydrogens (tertiary/aromatic N) is 2. The Morgan fingerprint density at radius 1 is 1.50 bits per heavy atom. The highest BCUT2D eigenvalue weighted by atomic mass is 35.5. The van der Waals surface area contributed by atoms with Gasteiger partial charge in [0.15, 0.2) is 0 Å².